The normalized spacial score (nSPS) is 10.9. The number of benzene rings is 2. The molecule has 0 bridgehead atoms. The maximum atomic E-state index is 12.8. The Morgan fingerprint density at radius 1 is 0.839 bits per heavy atom. The van der Waals surface area contributed by atoms with Gasteiger partial charge in [0.15, 0.2) is 11.5 Å². The predicted octanol–water partition coefficient (Wildman–Crippen LogP) is 5.41. The number of rotatable bonds is 5. The number of carbonyl (C=O) groups excluding carboxylic acids is 1. The van der Waals surface area contributed by atoms with Gasteiger partial charge in [0.2, 0.25) is 0 Å². The highest BCUT2D eigenvalue weighted by Crippen LogP contribution is 2.32. The fourth-order valence-electron chi connectivity index (χ4n) is 3.31. The average molecular weight is 411 g/mol. The molecule has 0 saturated carbocycles. The minimum atomic E-state index is -0.275. The van der Waals surface area contributed by atoms with Gasteiger partial charge < -0.3 is 18.9 Å². The maximum Gasteiger partial charge on any atom is 0.255 e. The maximum absolute atomic E-state index is 12.8. The first-order chi connectivity index (χ1) is 15.2. The van der Waals surface area contributed by atoms with Crippen LogP contribution in [-0.2, 0) is 0 Å². The van der Waals surface area contributed by atoms with Crippen LogP contribution in [0, 0.1) is 0 Å². The van der Waals surface area contributed by atoms with Crippen molar-refractivity contribution in [2.24, 2.45) is 0 Å². The molecule has 3 aromatic heterocycles. The molecule has 0 aliphatic heterocycles. The molecule has 0 spiro atoms. The third kappa shape index (κ3) is 3.53. The van der Waals surface area contributed by atoms with Crippen molar-refractivity contribution in [2.75, 3.05) is 12.4 Å². The highest BCUT2D eigenvalue weighted by molar-refractivity contribution is 6.06. The molecule has 152 valence electrons. The summed E-state index contributed by atoms with van der Waals surface area (Å²) in [5.41, 5.74) is 3.34. The molecular weight excluding hydrogens is 394 g/mol. The highest BCUT2D eigenvalue weighted by atomic mass is 16.5. The first kappa shape index (κ1) is 18.6. The number of aromatic nitrogens is 2. The lowest BCUT2D eigenvalue weighted by Gasteiger charge is -2.11. The van der Waals surface area contributed by atoms with Crippen molar-refractivity contribution in [2.45, 2.75) is 0 Å². The molecule has 7 heteroatoms. The van der Waals surface area contributed by atoms with Gasteiger partial charge in [-0.25, -0.2) is 9.97 Å². The van der Waals surface area contributed by atoms with Crippen molar-refractivity contribution in [3.8, 4) is 28.7 Å². The first-order valence-electron chi connectivity index (χ1n) is 9.57. The van der Waals surface area contributed by atoms with Crippen LogP contribution in [0.5, 0.6) is 5.75 Å². The SMILES string of the molecule is COc1ccccc1NC(=O)c1ccc2nc(-c3ccco3)c(-c3ccco3)nc2c1. The molecule has 31 heavy (non-hydrogen) atoms. The molecule has 0 aliphatic carbocycles. The Morgan fingerprint density at radius 3 is 2.16 bits per heavy atom. The van der Waals surface area contributed by atoms with Gasteiger partial charge >= 0.3 is 0 Å². The first-order valence-corrected chi connectivity index (χ1v) is 9.57. The van der Waals surface area contributed by atoms with E-state index in [9.17, 15) is 4.79 Å². The number of nitrogens with zero attached hydrogens (tertiary/aromatic N) is 2. The van der Waals surface area contributed by atoms with Gasteiger partial charge in [0.1, 0.15) is 17.1 Å². The van der Waals surface area contributed by atoms with E-state index in [1.54, 1.807) is 68.2 Å². The number of amides is 1. The van der Waals surface area contributed by atoms with Gasteiger partial charge in [0, 0.05) is 5.56 Å². The molecule has 1 N–H and O–H groups in total. The van der Waals surface area contributed by atoms with Gasteiger partial charge in [-0.05, 0) is 54.6 Å². The summed E-state index contributed by atoms with van der Waals surface area (Å²) in [5, 5.41) is 2.87. The van der Waals surface area contributed by atoms with Crippen molar-refractivity contribution in [3.63, 3.8) is 0 Å². The topological polar surface area (TPSA) is 90.4 Å². The molecule has 0 atom stereocenters. The molecule has 3 heterocycles. The molecule has 7 nitrogen and oxygen atoms in total. The van der Waals surface area contributed by atoms with Crippen molar-refractivity contribution in [1.29, 1.82) is 0 Å². The highest BCUT2D eigenvalue weighted by Gasteiger charge is 2.18. The van der Waals surface area contributed by atoms with Crippen LogP contribution in [0.25, 0.3) is 33.9 Å². The van der Waals surface area contributed by atoms with Crippen LogP contribution in [0.15, 0.2) is 88.1 Å². The van der Waals surface area contributed by atoms with Crippen LogP contribution in [0.3, 0.4) is 0 Å². The smallest absolute Gasteiger partial charge is 0.255 e. The molecule has 2 aromatic carbocycles. The van der Waals surface area contributed by atoms with Crippen LogP contribution in [0.2, 0.25) is 0 Å². The van der Waals surface area contributed by atoms with E-state index in [-0.39, 0.29) is 5.91 Å². The van der Waals surface area contributed by atoms with Crippen LogP contribution in [0.1, 0.15) is 10.4 Å². The Hall–Kier alpha value is -4.39. The van der Waals surface area contributed by atoms with E-state index in [0.717, 1.165) is 0 Å². The van der Waals surface area contributed by atoms with Crippen LogP contribution < -0.4 is 10.1 Å². The average Bonchev–Trinajstić information content (AvgIpc) is 3.52. The molecule has 0 unspecified atom stereocenters. The van der Waals surface area contributed by atoms with Gasteiger partial charge in [-0.1, -0.05) is 12.1 Å². The summed E-state index contributed by atoms with van der Waals surface area (Å²) < 4.78 is 16.4. The summed E-state index contributed by atoms with van der Waals surface area (Å²) in [6.45, 7) is 0. The van der Waals surface area contributed by atoms with Gasteiger partial charge in [0.05, 0.1) is 36.4 Å². The molecule has 1 amide bonds. The fraction of sp³-hybridized carbons (Fsp3) is 0.0417. The molecular formula is C24H17N3O4. The molecule has 0 saturated heterocycles. The van der Waals surface area contributed by atoms with E-state index >= 15 is 0 Å². The summed E-state index contributed by atoms with van der Waals surface area (Å²) >= 11 is 0. The number of methoxy groups -OCH3 is 1. The van der Waals surface area contributed by atoms with E-state index in [1.807, 2.05) is 18.2 Å². The number of fused-ring (bicyclic) bond motifs is 1. The Kier molecular flexibility index (Phi) is 4.68. The second kappa shape index (κ2) is 7.79. The zero-order valence-electron chi connectivity index (χ0n) is 16.5. The van der Waals surface area contributed by atoms with Crippen LogP contribution >= 0.6 is 0 Å². The number of anilines is 1. The lowest BCUT2D eigenvalue weighted by Crippen LogP contribution is -2.12. The molecule has 0 aliphatic rings. The van der Waals surface area contributed by atoms with Gasteiger partial charge in [-0.3, -0.25) is 4.79 Å². The van der Waals surface area contributed by atoms with Crippen molar-refractivity contribution >= 4 is 22.6 Å². The van der Waals surface area contributed by atoms with Crippen LogP contribution in [-0.4, -0.2) is 23.0 Å². The Balaban J connectivity index is 1.57. The van der Waals surface area contributed by atoms with Crippen molar-refractivity contribution in [1.82, 2.24) is 9.97 Å². The Morgan fingerprint density at radius 2 is 1.52 bits per heavy atom. The molecule has 0 fully saturated rings. The monoisotopic (exact) mass is 411 g/mol. The van der Waals surface area contributed by atoms with Gasteiger partial charge in [-0.2, -0.15) is 0 Å². The summed E-state index contributed by atoms with van der Waals surface area (Å²) in [7, 11) is 1.56. The summed E-state index contributed by atoms with van der Waals surface area (Å²) in [5.74, 6) is 1.45. The zero-order valence-corrected chi connectivity index (χ0v) is 16.5. The number of ether oxygens (including phenoxy) is 1. The standard InChI is InChI=1S/C24H17N3O4/c1-29-19-7-3-2-6-17(19)27-24(28)15-10-11-16-18(14-15)26-23(21-9-5-13-31-21)22(25-16)20-8-4-12-30-20/h2-14H,1H3,(H,27,28). The minimum absolute atomic E-state index is 0.275. The van der Waals surface area contributed by atoms with Crippen molar-refractivity contribution in [3.05, 3.63) is 84.8 Å². The second-order valence-corrected chi connectivity index (χ2v) is 6.73. The Labute approximate surface area is 177 Å². The third-order valence-electron chi connectivity index (χ3n) is 4.79. The molecule has 0 radical (unpaired) electrons. The van der Waals surface area contributed by atoms with Gasteiger partial charge in [0.25, 0.3) is 5.91 Å². The third-order valence-corrected chi connectivity index (χ3v) is 4.79. The number of carbonyl (C=O) groups is 1. The fourth-order valence-corrected chi connectivity index (χ4v) is 3.31. The second-order valence-electron chi connectivity index (χ2n) is 6.73. The van der Waals surface area contributed by atoms with Crippen LogP contribution in [0.4, 0.5) is 5.69 Å². The van der Waals surface area contributed by atoms with E-state index in [0.29, 0.717) is 50.9 Å². The summed E-state index contributed by atoms with van der Waals surface area (Å²) in [6.07, 6.45) is 3.16. The van der Waals surface area contributed by atoms with E-state index in [2.05, 4.69) is 5.32 Å². The van der Waals surface area contributed by atoms with Gasteiger partial charge in [-0.15, -0.1) is 0 Å². The molecule has 5 rings (SSSR count). The zero-order chi connectivity index (χ0) is 21.2. The lowest BCUT2D eigenvalue weighted by atomic mass is 10.1. The summed E-state index contributed by atoms with van der Waals surface area (Å²) in [6, 6.07) is 19.6. The summed E-state index contributed by atoms with van der Waals surface area (Å²) in [4.78, 5) is 22.3. The van der Waals surface area contributed by atoms with E-state index < -0.39 is 0 Å². The molecule has 5 aromatic rings. The minimum Gasteiger partial charge on any atom is -0.495 e. The largest absolute Gasteiger partial charge is 0.495 e. The number of hydrogen-bond donors (Lipinski definition) is 1. The number of hydrogen-bond acceptors (Lipinski definition) is 6. The predicted molar refractivity (Wildman–Crippen MR) is 116 cm³/mol. The number of nitrogens with one attached hydrogen (secondary N) is 1. The lowest BCUT2D eigenvalue weighted by molar-refractivity contribution is 0.102. The quantitative estimate of drug-likeness (QED) is 0.416. The van der Waals surface area contributed by atoms with E-state index in [1.165, 1.54) is 0 Å². The van der Waals surface area contributed by atoms with Crippen molar-refractivity contribution < 1.29 is 18.4 Å². The number of para-hydroxylation sites is 2. The number of furan rings is 2. The Bertz CT molecular complexity index is 1360. The van der Waals surface area contributed by atoms with E-state index in [4.69, 9.17) is 23.5 Å².